The van der Waals surface area contributed by atoms with Crippen LogP contribution >= 0.6 is 0 Å². The molecule has 0 radical (unpaired) electrons. The number of carbonyl (C=O) groups excluding carboxylic acids is 3. The van der Waals surface area contributed by atoms with Crippen LogP contribution in [-0.2, 0) is 14.4 Å². The third kappa shape index (κ3) is 3.83. The van der Waals surface area contributed by atoms with E-state index in [1.807, 2.05) is 13.8 Å². The highest BCUT2D eigenvalue weighted by Gasteiger charge is 2.45. The van der Waals surface area contributed by atoms with Crippen molar-refractivity contribution in [2.45, 2.75) is 57.6 Å². The maximum absolute atomic E-state index is 12.9. The first kappa shape index (κ1) is 17.7. The fraction of sp³-hybridized carbons (Fsp3) is 0.812. The van der Waals surface area contributed by atoms with E-state index in [1.54, 1.807) is 4.90 Å². The molecule has 2 fully saturated rings. The SMILES string of the molecule is CC(C)CC(C(=O)N1CCC(O)(C(N)=O)C1)N1CCCCC1=O. The minimum absolute atomic E-state index is 0.0135. The zero-order valence-corrected chi connectivity index (χ0v) is 14.0. The molecule has 2 unspecified atom stereocenters. The molecule has 3 N–H and O–H groups in total. The summed E-state index contributed by atoms with van der Waals surface area (Å²) in [4.78, 5) is 39.6. The molecular weight excluding hydrogens is 298 g/mol. The first-order valence-electron chi connectivity index (χ1n) is 8.35. The number of nitrogens with two attached hydrogens (primary N) is 1. The largest absolute Gasteiger partial charge is 0.378 e. The molecule has 0 aromatic carbocycles. The van der Waals surface area contributed by atoms with Crippen molar-refractivity contribution in [3.63, 3.8) is 0 Å². The summed E-state index contributed by atoms with van der Waals surface area (Å²) in [5.41, 5.74) is 3.58. The highest BCUT2D eigenvalue weighted by Crippen LogP contribution is 2.25. The van der Waals surface area contributed by atoms with E-state index in [0.717, 1.165) is 12.8 Å². The Morgan fingerprint density at radius 2 is 2.00 bits per heavy atom. The summed E-state index contributed by atoms with van der Waals surface area (Å²) in [5.74, 6) is -0.718. The number of nitrogens with zero attached hydrogens (tertiary/aromatic N) is 2. The van der Waals surface area contributed by atoms with Gasteiger partial charge in [0.05, 0.1) is 6.54 Å². The Kier molecular flexibility index (Phi) is 5.29. The minimum Gasteiger partial charge on any atom is -0.378 e. The topological polar surface area (TPSA) is 104 Å². The Hall–Kier alpha value is -1.63. The van der Waals surface area contributed by atoms with Crippen molar-refractivity contribution in [3.05, 3.63) is 0 Å². The van der Waals surface area contributed by atoms with Gasteiger partial charge in [-0.25, -0.2) is 0 Å². The summed E-state index contributed by atoms with van der Waals surface area (Å²) in [7, 11) is 0. The second-order valence-corrected chi connectivity index (χ2v) is 7.10. The predicted octanol–water partition coefficient (Wildman–Crippen LogP) is -0.138. The van der Waals surface area contributed by atoms with E-state index in [-0.39, 0.29) is 37.2 Å². The number of β-amino-alcohol motifs (C(OH)–C–C–N with tert-alkyl or cyclic N) is 1. The van der Waals surface area contributed by atoms with Gasteiger partial charge in [0.2, 0.25) is 11.8 Å². The van der Waals surface area contributed by atoms with Crippen LogP contribution < -0.4 is 5.73 Å². The van der Waals surface area contributed by atoms with E-state index in [0.29, 0.717) is 19.4 Å². The van der Waals surface area contributed by atoms with Crippen LogP contribution in [0.5, 0.6) is 0 Å². The van der Waals surface area contributed by atoms with Gasteiger partial charge in [0.25, 0.3) is 5.91 Å². The van der Waals surface area contributed by atoms with Crippen molar-refractivity contribution in [2.75, 3.05) is 19.6 Å². The van der Waals surface area contributed by atoms with Crippen molar-refractivity contribution < 1.29 is 19.5 Å². The molecule has 0 saturated carbocycles. The van der Waals surface area contributed by atoms with E-state index in [4.69, 9.17) is 5.73 Å². The van der Waals surface area contributed by atoms with Gasteiger partial charge < -0.3 is 20.6 Å². The molecule has 2 heterocycles. The van der Waals surface area contributed by atoms with Gasteiger partial charge in [0.1, 0.15) is 6.04 Å². The van der Waals surface area contributed by atoms with Crippen LogP contribution in [0.4, 0.5) is 0 Å². The van der Waals surface area contributed by atoms with Crippen LogP contribution in [-0.4, -0.2) is 63.9 Å². The standard InChI is InChI=1S/C16H27N3O4/c1-11(2)9-12(19-7-4-3-5-13(19)20)14(21)18-8-6-16(23,10-18)15(17)22/h11-12,23H,3-10H2,1-2H3,(H2,17,22). The third-order valence-electron chi connectivity index (χ3n) is 4.73. The van der Waals surface area contributed by atoms with Gasteiger partial charge in [-0.2, -0.15) is 0 Å². The van der Waals surface area contributed by atoms with E-state index in [2.05, 4.69) is 0 Å². The minimum atomic E-state index is -1.65. The molecule has 2 aliphatic rings. The number of aliphatic hydroxyl groups is 1. The number of rotatable bonds is 5. The summed E-state index contributed by atoms with van der Waals surface area (Å²) in [5, 5.41) is 10.2. The molecule has 3 amide bonds. The summed E-state index contributed by atoms with van der Waals surface area (Å²) in [6, 6.07) is -0.516. The van der Waals surface area contributed by atoms with Crippen LogP contribution in [0.2, 0.25) is 0 Å². The van der Waals surface area contributed by atoms with Gasteiger partial charge in [-0.15, -0.1) is 0 Å². The molecule has 23 heavy (non-hydrogen) atoms. The van der Waals surface area contributed by atoms with Crippen molar-refractivity contribution in [2.24, 2.45) is 11.7 Å². The molecule has 0 aromatic rings. The maximum Gasteiger partial charge on any atom is 0.251 e. The van der Waals surface area contributed by atoms with Gasteiger partial charge in [-0.3, -0.25) is 14.4 Å². The summed E-state index contributed by atoms with van der Waals surface area (Å²) in [6.45, 7) is 4.82. The summed E-state index contributed by atoms with van der Waals surface area (Å²) >= 11 is 0. The smallest absolute Gasteiger partial charge is 0.251 e. The number of hydrogen-bond donors (Lipinski definition) is 2. The Morgan fingerprint density at radius 3 is 2.52 bits per heavy atom. The molecule has 0 bridgehead atoms. The zero-order valence-electron chi connectivity index (χ0n) is 14.0. The molecular formula is C16H27N3O4. The molecule has 130 valence electrons. The molecule has 7 nitrogen and oxygen atoms in total. The van der Waals surface area contributed by atoms with Crippen LogP contribution in [0.25, 0.3) is 0 Å². The average molecular weight is 325 g/mol. The predicted molar refractivity (Wildman–Crippen MR) is 84.1 cm³/mol. The second-order valence-electron chi connectivity index (χ2n) is 7.10. The van der Waals surface area contributed by atoms with E-state index < -0.39 is 17.6 Å². The van der Waals surface area contributed by atoms with Crippen LogP contribution in [0.1, 0.15) is 46.0 Å². The van der Waals surface area contributed by atoms with Gasteiger partial charge in [-0.05, 0) is 25.2 Å². The molecule has 7 heteroatoms. The number of primary amides is 1. The van der Waals surface area contributed by atoms with E-state index >= 15 is 0 Å². The lowest BCUT2D eigenvalue weighted by molar-refractivity contribution is -0.148. The van der Waals surface area contributed by atoms with Crippen molar-refractivity contribution in [1.29, 1.82) is 0 Å². The first-order chi connectivity index (χ1) is 10.7. The molecule has 2 atom stereocenters. The Labute approximate surface area is 136 Å². The van der Waals surface area contributed by atoms with Gasteiger partial charge in [0, 0.05) is 25.9 Å². The van der Waals surface area contributed by atoms with Crippen molar-refractivity contribution in [3.8, 4) is 0 Å². The lowest BCUT2D eigenvalue weighted by Crippen LogP contribution is -2.54. The Morgan fingerprint density at radius 1 is 1.30 bits per heavy atom. The summed E-state index contributed by atoms with van der Waals surface area (Å²) in [6.07, 6.45) is 2.97. The molecule has 2 saturated heterocycles. The lowest BCUT2D eigenvalue weighted by atomic mass is 9.98. The number of amides is 3. The average Bonchev–Trinajstić information content (AvgIpc) is 2.89. The van der Waals surface area contributed by atoms with Crippen molar-refractivity contribution >= 4 is 17.7 Å². The lowest BCUT2D eigenvalue weighted by Gasteiger charge is -2.36. The zero-order chi connectivity index (χ0) is 17.2. The normalized spacial score (nSPS) is 26.7. The Balaban J connectivity index is 2.14. The number of likely N-dealkylation sites (tertiary alicyclic amines) is 2. The maximum atomic E-state index is 12.9. The fourth-order valence-electron chi connectivity index (χ4n) is 3.36. The quantitative estimate of drug-likeness (QED) is 0.734. The molecule has 0 aliphatic carbocycles. The van der Waals surface area contributed by atoms with E-state index in [1.165, 1.54) is 4.90 Å². The van der Waals surface area contributed by atoms with Gasteiger partial charge in [-0.1, -0.05) is 13.8 Å². The van der Waals surface area contributed by atoms with Gasteiger partial charge >= 0.3 is 0 Å². The van der Waals surface area contributed by atoms with Crippen LogP contribution in [0.15, 0.2) is 0 Å². The molecule has 2 rings (SSSR count). The molecule has 0 spiro atoms. The highest BCUT2D eigenvalue weighted by atomic mass is 16.3. The first-order valence-corrected chi connectivity index (χ1v) is 8.35. The monoisotopic (exact) mass is 325 g/mol. The second kappa shape index (κ2) is 6.86. The number of carbonyl (C=O) groups is 3. The molecule has 0 aromatic heterocycles. The van der Waals surface area contributed by atoms with Crippen molar-refractivity contribution in [1.82, 2.24) is 9.80 Å². The molecule has 2 aliphatic heterocycles. The fourth-order valence-corrected chi connectivity index (χ4v) is 3.36. The van der Waals surface area contributed by atoms with Crippen LogP contribution in [0, 0.1) is 5.92 Å². The Bertz CT molecular complexity index is 494. The number of piperidine rings is 1. The summed E-state index contributed by atoms with van der Waals surface area (Å²) < 4.78 is 0. The highest BCUT2D eigenvalue weighted by molar-refractivity contribution is 5.90. The number of hydrogen-bond acceptors (Lipinski definition) is 4. The van der Waals surface area contributed by atoms with E-state index in [9.17, 15) is 19.5 Å². The van der Waals surface area contributed by atoms with Crippen LogP contribution in [0.3, 0.4) is 0 Å². The van der Waals surface area contributed by atoms with Gasteiger partial charge in [0.15, 0.2) is 5.60 Å². The third-order valence-corrected chi connectivity index (χ3v) is 4.73.